The number of aryl methyl sites for hydroxylation is 2. The summed E-state index contributed by atoms with van der Waals surface area (Å²) in [6.45, 7) is 5.02. The van der Waals surface area contributed by atoms with E-state index in [1.165, 1.54) is 16.7 Å². The van der Waals surface area contributed by atoms with Crippen LogP contribution >= 0.6 is 0 Å². The Hall–Kier alpha value is -1.67. The normalized spacial score (nSPS) is 10.5. The van der Waals surface area contributed by atoms with Gasteiger partial charge < -0.3 is 5.32 Å². The molecule has 0 spiro atoms. The van der Waals surface area contributed by atoms with Gasteiger partial charge in [-0.1, -0.05) is 35.9 Å². The Balaban J connectivity index is 2.34. The molecule has 2 heteroatoms. The maximum Gasteiger partial charge on any atom is 0.0705 e. The zero-order valence-electron chi connectivity index (χ0n) is 10.6. The van der Waals surface area contributed by atoms with Gasteiger partial charge in [0.15, 0.2) is 0 Å². The van der Waals surface area contributed by atoms with Gasteiger partial charge in [0.25, 0.3) is 0 Å². The highest BCUT2D eigenvalue weighted by Gasteiger charge is 2.03. The van der Waals surface area contributed by atoms with Crippen molar-refractivity contribution in [2.24, 2.45) is 0 Å². The van der Waals surface area contributed by atoms with Crippen molar-refractivity contribution in [1.29, 1.82) is 0 Å². The van der Waals surface area contributed by atoms with Crippen molar-refractivity contribution in [2.75, 3.05) is 7.05 Å². The van der Waals surface area contributed by atoms with E-state index < -0.39 is 0 Å². The molecule has 0 amide bonds. The van der Waals surface area contributed by atoms with Crippen LogP contribution in [0.25, 0.3) is 11.3 Å². The quantitative estimate of drug-likeness (QED) is 0.870. The van der Waals surface area contributed by atoms with E-state index in [0.29, 0.717) is 0 Å². The molecule has 0 radical (unpaired) electrons. The van der Waals surface area contributed by atoms with E-state index >= 15 is 0 Å². The van der Waals surface area contributed by atoms with E-state index in [1.54, 1.807) is 0 Å². The van der Waals surface area contributed by atoms with Crippen molar-refractivity contribution in [3.63, 3.8) is 0 Å². The fourth-order valence-corrected chi connectivity index (χ4v) is 1.85. The van der Waals surface area contributed by atoms with Crippen LogP contribution in [0, 0.1) is 13.8 Å². The molecule has 0 bridgehead atoms. The molecule has 0 saturated heterocycles. The van der Waals surface area contributed by atoms with Crippen LogP contribution in [0.3, 0.4) is 0 Å². The summed E-state index contributed by atoms with van der Waals surface area (Å²) in [7, 11) is 1.95. The highest BCUT2D eigenvalue weighted by atomic mass is 14.8. The second kappa shape index (κ2) is 5.11. The summed E-state index contributed by atoms with van der Waals surface area (Å²) in [5, 5.41) is 3.15. The lowest BCUT2D eigenvalue weighted by molar-refractivity contribution is 0.805. The first kappa shape index (κ1) is 11.8. The van der Waals surface area contributed by atoms with E-state index in [-0.39, 0.29) is 0 Å². The minimum Gasteiger partial charge on any atom is -0.316 e. The van der Waals surface area contributed by atoms with Crippen LogP contribution in [0.1, 0.15) is 16.8 Å². The lowest BCUT2D eigenvalue weighted by Crippen LogP contribution is -2.07. The van der Waals surface area contributed by atoms with E-state index in [0.717, 1.165) is 17.9 Å². The SMILES string of the molecule is CNCc1ccc(-c2ccc(C)cc2)nc1C. The average Bonchev–Trinajstić information content (AvgIpc) is 2.33. The van der Waals surface area contributed by atoms with Gasteiger partial charge in [0, 0.05) is 17.8 Å². The molecule has 2 nitrogen and oxygen atoms in total. The van der Waals surface area contributed by atoms with Gasteiger partial charge in [-0.2, -0.15) is 0 Å². The molecule has 0 aliphatic carbocycles. The number of nitrogens with one attached hydrogen (secondary N) is 1. The van der Waals surface area contributed by atoms with E-state index in [2.05, 4.69) is 60.5 Å². The molecule has 0 aliphatic rings. The average molecular weight is 226 g/mol. The second-order valence-electron chi connectivity index (χ2n) is 4.34. The summed E-state index contributed by atoms with van der Waals surface area (Å²) in [4.78, 5) is 4.65. The van der Waals surface area contributed by atoms with Crippen molar-refractivity contribution in [3.8, 4) is 11.3 Å². The highest BCUT2D eigenvalue weighted by molar-refractivity contribution is 5.60. The standard InChI is InChI=1S/C15H18N2/c1-11-4-6-13(7-5-11)15-9-8-14(10-16-3)12(2)17-15/h4-9,16H,10H2,1-3H3. The molecule has 1 N–H and O–H groups in total. The third kappa shape index (κ3) is 2.71. The first-order chi connectivity index (χ1) is 8.20. The summed E-state index contributed by atoms with van der Waals surface area (Å²) in [6, 6.07) is 12.7. The van der Waals surface area contributed by atoms with Crippen molar-refractivity contribution in [3.05, 3.63) is 53.2 Å². The molecule has 1 aromatic heterocycles. The summed E-state index contributed by atoms with van der Waals surface area (Å²) in [5.41, 5.74) is 5.84. The molecular weight excluding hydrogens is 208 g/mol. The number of hydrogen-bond acceptors (Lipinski definition) is 2. The maximum absolute atomic E-state index is 4.65. The third-order valence-electron chi connectivity index (χ3n) is 2.91. The molecular formula is C15H18N2. The first-order valence-corrected chi connectivity index (χ1v) is 5.89. The van der Waals surface area contributed by atoms with Crippen molar-refractivity contribution < 1.29 is 0 Å². The van der Waals surface area contributed by atoms with Gasteiger partial charge in [-0.15, -0.1) is 0 Å². The predicted octanol–water partition coefficient (Wildman–Crippen LogP) is 3.08. The van der Waals surface area contributed by atoms with E-state index in [1.807, 2.05) is 7.05 Å². The summed E-state index contributed by atoms with van der Waals surface area (Å²) in [5.74, 6) is 0. The van der Waals surface area contributed by atoms with Crippen LogP contribution in [0.2, 0.25) is 0 Å². The molecule has 1 heterocycles. The zero-order chi connectivity index (χ0) is 12.3. The summed E-state index contributed by atoms with van der Waals surface area (Å²) in [6.07, 6.45) is 0. The van der Waals surface area contributed by atoms with Crippen LogP contribution in [0.5, 0.6) is 0 Å². The lowest BCUT2D eigenvalue weighted by atomic mass is 10.1. The molecule has 0 fully saturated rings. The van der Waals surface area contributed by atoms with Gasteiger partial charge in [0.1, 0.15) is 0 Å². The maximum atomic E-state index is 4.65. The topological polar surface area (TPSA) is 24.9 Å². The molecule has 2 aromatic rings. The van der Waals surface area contributed by atoms with Gasteiger partial charge in [0.05, 0.1) is 5.69 Å². The van der Waals surface area contributed by atoms with Crippen molar-refractivity contribution in [2.45, 2.75) is 20.4 Å². The Bertz CT molecular complexity index is 501. The van der Waals surface area contributed by atoms with Gasteiger partial charge in [0.2, 0.25) is 0 Å². The fourth-order valence-electron chi connectivity index (χ4n) is 1.85. The molecule has 17 heavy (non-hydrogen) atoms. The summed E-state index contributed by atoms with van der Waals surface area (Å²) < 4.78 is 0. The number of rotatable bonds is 3. The van der Waals surface area contributed by atoms with Gasteiger partial charge in [-0.05, 0) is 32.5 Å². The minimum absolute atomic E-state index is 0.868. The fraction of sp³-hybridized carbons (Fsp3) is 0.267. The van der Waals surface area contributed by atoms with Crippen LogP contribution in [0.15, 0.2) is 36.4 Å². The molecule has 88 valence electrons. The predicted molar refractivity (Wildman–Crippen MR) is 71.9 cm³/mol. The number of hydrogen-bond donors (Lipinski definition) is 1. The molecule has 1 aromatic carbocycles. The third-order valence-corrected chi connectivity index (χ3v) is 2.91. The zero-order valence-corrected chi connectivity index (χ0v) is 10.6. The molecule has 0 saturated carbocycles. The van der Waals surface area contributed by atoms with E-state index in [9.17, 15) is 0 Å². The lowest BCUT2D eigenvalue weighted by Gasteiger charge is -2.07. The number of benzene rings is 1. The molecule has 2 rings (SSSR count). The van der Waals surface area contributed by atoms with Crippen LogP contribution in [0.4, 0.5) is 0 Å². The number of nitrogens with zero attached hydrogens (tertiary/aromatic N) is 1. The van der Waals surface area contributed by atoms with Gasteiger partial charge in [-0.25, -0.2) is 0 Å². The Morgan fingerprint density at radius 2 is 1.71 bits per heavy atom. The monoisotopic (exact) mass is 226 g/mol. The highest BCUT2D eigenvalue weighted by Crippen LogP contribution is 2.19. The first-order valence-electron chi connectivity index (χ1n) is 5.89. The van der Waals surface area contributed by atoms with E-state index in [4.69, 9.17) is 0 Å². The van der Waals surface area contributed by atoms with Crippen LogP contribution in [-0.2, 0) is 6.54 Å². The molecule has 0 unspecified atom stereocenters. The Kier molecular flexibility index (Phi) is 3.55. The van der Waals surface area contributed by atoms with Gasteiger partial charge >= 0.3 is 0 Å². The van der Waals surface area contributed by atoms with Crippen molar-refractivity contribution >= 4 is 0 Å². The largest absolute Gasteiger partial charge is 0.316 e. The molecule has 0 aliphatic heterocycles. The van der Waals surface area contributed by atoms with Crippen molar-refractivity contribution in [1.82, 2.24) is 10.3 Å². The summed E-state index contributed by atoms with van der Waals surface area (Å²) >= 11 is 0. The minimum atomic E-state index is 0.868. The molecule has 0 atom stereocenters. The number of pyridine rings is 1. The Morgan fingerprint density at radius 3 is 2.29 bits per heavy atom. The van der Waals surface area contributed by atoms with Crippen LogP contribution < -0.4 is 5.32 Å². The Morgan fingerprint density at radius 1 is 1.00 bits per heavy atom. The van der Waals surface area contributed by atoms with Crippen LogP contribution in [-0.4, -0.2) is 12.0 Å². The van der Waals surface area contributed by atoms with Gasteiger partial charge in [-0.3, -0.25) is 4.98 Å². The second-order valence-corrected chi connectivity index (χ2v) is 4.34. The smallest absolute Gasteiger partial charge is 0.0705 e. The number of aromatic nitrogens is 1. The Labute approximate surface area is 103 Å².